The third-order valence-electron chi connectivity index (χ3n) is 3.30. The van der Waals surface area contributed by atoms with Crippen molar-refractivity contribution in [2.45, 2.75) is 51.6 Å². The van der Waals surface area contributed by atoms with Crippen LogP contribution in [0.25, 0.3) is 0 Å². The molecule has 0 bridgehead atoms. The van der Waals surface area contributed by atoms with Crippen LogP contribution in [0, 0.1) is 0 Å². The maximum Gasteiger partial charge on any atom is 0.239 e. The lowest BCUT2D eigenvalue weighted by Crippen LogP contribution is -2.54. The van der Waals surface area contributed by atoms with E-state index in [-0.39, 0.29) is 24.6 Å². The zero-order chi connectivity index (χ0) is 12.0. The van der Waals surface area contributed by atoms with Gasteiger partial charge in [-0.15, -0.1) is 0 Å². The topological polar surface area (TPSA) is 52.6 Å². The normalized spacial score (nSPS) is 23.6. The van der Waals surface area contributed by atoms with Crippen molar-refractivity contribution >= 4 is 5.91 Å². The average molecular weight is 228 g/mol. The second-order valence-electron chi connectivity index (χ2n) is 4.36. The van der Waals surface area contributed by atoms with Gasteiger partial charge < -0.3 is 15.3 Å². The Morgan fingerprint density at radius 2 is 2.31 bits per heavy atom. The molecule has 1 amide bonds. The van der Waals surface area contributed by atoms with Crippen LogP contribution in [0.4, 0.5) is 0 Å². The molecule has 1 aliphatic heterocycles. The molecule has 4 nitrogen and oxygen atoms in total. The van der Waals surface area contributed by atoms with Gasteiger partial charge in [-0.3, -0.25) is 4.79 Å². The van der Waals surface area contributed by atoms with Crippen LogP contribution in [-0.2, 0) is 4.79 Å². The van der Waals surface area contributed by atoms with Crippen LogP contribution in [0.5, 0.6) is 0 Å². The highest BCUT2D eigenvalue weighted by atomic mass is 16.3. The van der Waals surface area contributed by atoms with E-state index in [1.54, 1.807) is 0 Å². The highest BCUT2D eigenvalue weighted by Crippen LogP contribution is 2.18. The number of carbonyl (C=O) groups excluding carboxylic acids is 1. The van der Waals surface area contributed by atoms with Crippen molar-refractivity contribution in [3.63, 3.8) is 0 Å². The molecule has 2 N–H and O–H groups in total. The van der Waals surface area contributed by atoms with E-state index in [9.17, 15) is 4.79 Å². The first kappa shape index (κ1) is 13.5. The molecule has 4 heteroatoms. The number of nitrogens with one attached hydrogen (secondary N) is 1. The number of rotatable bonds is 6. The first-order valence-electron chi connectivity index (χ1n) is 6.39. The summed E-state index contributed by atoms with van der Waals surface area (Å²) in [7, 11) is 0. The van der Waals surface area contributed by atoms with Gasteiger partial charge in [-0.1, -0.05) is 13.8 Å². The fraction of sp³-hybridized carbons (Fsp3) is 0.917. The molecule has 0 aromatic heterocycles. The Labute approximate surface area is 98.0 Å². The first-order valence-corrected chi connectivity index (χ1v) is 6.39. The predicted molar refractivity (Wildman–Crippen MR) is 64.2 cm³/mol. The van der Waals surface area contributed by atoms with Gasteiger partial charge in [0, 0.05) is 19.2 Å². The Hall–Kier alpha value is -0.610. The number of likely N-dealkylation sites (tertiary alicyclic amines) is 1. The molecular formula is C12H24N2O2. The maximum absolute atomic E-state index is 12.2. The van der Waals surface area contributed by atoms with Crippen LogP contribution < -0.4 is 5.32 Å². The minimum Gasteiger partial charge on any atom is -0.396 e. The van der Waals surface area contributed by atoms with Crippen molar-refractivity contribution in [1.82, 2.24) is 10.2 Å². The predicted octanol–water partition coefficient (Wildman–Crippen LogP) is 0.748. The lowest BCUT2D eigenvalue weighted by Gasteiger charge is -2.38. The number of amides is 1. The lowest BCUT2D eigenvalue weighted by molar-refractivity contribution is -0.138. The van der Waals surface area contributed by atoms with E-state index in [0.717, 1.165) is 32.4 Å². The highest BCUT2D eigenvalue weighted by molar-refractivity contribution is 5.82. The highest BCUT2D eigenvalue weighted by Gasteiger charge is 2.31. The molecule has 16 heavy (non-hydrogen) atoms. The van der Waals surface area contributed by atoms with Crippen molar-refractivity contribution in [2.75, 3.05) is 19.7 Å². The number of hydrogen-bond donors (Lipinski definition) is 2. The second-order valence-corrected chi connectivity index (χ2v) is 4.36. The zero-order valence-corrected chi connectivity index (χ0v) is 10.4. The largest absolute Gasteiger partial charge is 0.396 e. The van der Waals surface area contributed by atoms with Crippen molar-refractivity contribution in [3.8, 4) is 0 Å². The van der Waals surface area contributed by atoms with E-state index in [0.29, 0.717) is 6.42 Å². The van der Waals surface area contributed by atoms with E-state index in [1.807, 2.05) is 11.8 Å². The fourth-order valence-corrected chi connectivity index (χ4v) is 2.43. The summed E-state index contributed by atoms with van der Waals surface area (Å²) in [6.07, 6.45) is 3.62. The summed E-state index contributed by atoms with van der Waals surface area (Å²) in [5, 5.41) is 12.2. The maximum atomic E-state index is 12.2. The molecule has 0 radical (unpaired) electrons. The van der Waals surface area contributed by atoms with Crippen LogP contribution in [0.2, 0.25) is 0 Å². The van der Waals surface area contributed by atoms with Crippen molar-refractivity contribution in [1.29, 1.82) is 0 Å². The van der Waals surface area contributed by atoms with Crippen LogP contribution in [0.1, 0.15) is 39.5 Å². The van der Waals surface area contributed by atoms with Crippen LogP contribution in [0.15, 0.2) is 0 Å². The molecule has 1 fully saturated rings. The van der Waals surface area contributed by atoms with Crippen molar-refractivity contribution in [3.05, 3.63) is 0 Å². The summed E-state index contributed by atoms with van der Waals surface area (Å²) in [6.45, 7) is 5.94. The van der Waals surface area contributed by atoms with Gasteiger partial charge in [-0.25, -0.2) is 0 Å². The Morgan fingerprint density at radius 1 is 1.56 bits per heavy atom. The fourth-order valence-electron chi connectivity index (χ4n) is 2.43. The van der Waals surface area contributed by atoms with Gasteiger partial charge in [0.1, 0.15) is 0 Å². The van der Waals surface area contributed by atoms with Gasteiger partial charge in [0.15, 0.2) is 0 Å². The quantitative estimate of drug-likeness (QED) is 0.705. The van der Waals surface area contributed by atoms with E-state index in [4.69, 9.17) is 5.11 Å². The van der Waals surface area contributed by atoms with Gasteiger partial charge in [0.2, 0.25) is 5.91 Å². The van der Waals surface area contributed by atoms with E-state index < -0.39 is 0 Å². The molecule has 0 aromatic carbocycles. The second kappa shape index (κ2) is 6.86. The number of piperidine rings is 1. The molecule has 94 valence electrons. The van der Waals surface area contributed by atoms with E-state index in [1.165, 1.54) is 0 Å². The lowest BCUT2D eigenvalue weighted by atomic mass is 10.00. The smallest absolute Gasteiger partial charge is 0.239 e. The van der Waals surface area contributed by atoms with E-state index in [2.05, 4.69) is 12.2 Å². The van der Waals surface area contributed by atoms with Crippen molar-refractivity contribution < 1.29 is 9.90 Å². The van der Waals surface area contributed by atoms with Crippen LogP contribution >= 0.6 is 0 Å². The van der Waals surface area contributed by atoms with E-state index >= 15 is 0 Å². The van der Waals surface area contributed by atoms with Gasteiger partial charge in [-0.2, -0.15) is 0 Å². The van der Waals surface area contributed by atoms with Gasteiger partial charge in [0.25, 0.3) is 0 Å². The summed E-state index contributed by atoms with van der Waals surface area (Å²) in [4.78, 5) is 14.1. The third-order valence-corrected chi connectivity index (χ3v) is 3.30. The number of aliphatic hydroxyl groups is 1. The number of nitrogens with zero attached hydrogens (tertiary/aromatic N) is 1. The summed E-state index contributed by atoms with van der Waals surface area (Å²) in [5.74, 6) is 0.216. The minimum atomic E-state index is -0.00788. The number of aliphatic hydroxyl groups excluding tert-OH is 1. The summed E-state index contributed by atoms with van der Waals surface area (Å²) in [6, 6.07) is 0.199. The molecule has 0 aromatic rings. The molecule has 2 unspecified atom stereocenters. The van der Waals surface area contributed by atoms with Crippen molar-refractivity contribution in [2.24, 2.45) is 0 Å². The summed E-state index contributed by atoms with van der Waals surface area (Å²) < 4.78 is 0. The average Bonchev–Trinajstić information content (AvgIpc) is 2.30. The molecule has 1 heterocycles. The minimum absolute atomic E-state index is 0.00788. The molecule has 1 rings (SSSR count). The number of hydrogen-bond acceptors (Lipinski definition) is 3. The Kier molecular flexibility index (Phi) is 5.77. The Morgan fingerprint density at radius 3 is 2.88 bits per heavy atom. The molecule has 2 atom stereocenters. The SMILES string of the molecule is CCNC1CCCN(C(CC)CCO)C1=O. The summed E-state index contributed by atoms with van der Waals surface area (Å²) >= 11 is 0. The van der Waals surface area contributed by atoms with Gasteiger partial charge in [0.05, 0.1) is 6.04 Å². The molecule has 0 aliphatic carbocycles. The number of likely N-dealkylation sites (N-methyl/N-ethyl adjacent to an activating group) is 1. The molecule has 0 spiro atoms. The summed E-state index contributed by atoms with van der Waals surface area (Å²) in [5.41, 5.74) is 0. The van der Waals surface area contributed by atoms with Crippen LogP contribution in [0.3, 0.4) is 0 Å². The first-order chi connectivity index (χ1) is 7.74. The molecule has 0 saturated carbocycles. The zero-order valence-electron chi connectivity index (χ0n) is 10.4. The Bertz CT molecular complexity index is 219. The molecule has 1 aliphatic rings. The molecule has 1 saturated heterocycles. The molecular weight excluding hydrogens is 204 g/mol. The van der Waals surface area contributed by atoms with Gasteiger partial charge >= 0.3 is 0 Å². The Balaban J connectivity index is 2.60. The third kappa shape index (κ3) is 3.19. The van der Waals surface area contributed by atoms with Crippen LogP contribution in [-0.4, -0.2) is 47.7 Å². The van der Waals surface area contributed by atoms with Gasteiger partial charge in [-0.05, 0) is 32.2 Å². The number of carbonyl (C=O) groups is 1. The standard InChI is InChI=1S/C12H24N2O2/c1-3-10(7-9-15)14-8-5-6-11(12(14)16)13-4-2/h10-11,13,15H,3-9H2,1-2H3. The monoisotopic (exact) mass is 228 g/mol.